The summed E-state index contributed by atoms with van der Waals surface area (Å²) >= 11 is 2.50. The number of carbonyl (C=O) groups excluding carboxylic acids is 1. The summed E-state index contributed by atoms with van der Waals surface area (Å²) in [7, 11) is 3.04. The maximum absolute atomic E-state index is 11.6. The highest BCUT2D eigenvalue weighted by molar-refractivity contribution is 8.05. The predicted molar refractivity (Wildman–Crippen MR) is 98.0 cm³/mol. The van der Waals surface area contributed by atoms with Crippen molar-refractivity contribution in [2.24, 2.45) is 0 Å². The molecule has 0 atom stereocenters. The number of para-hydroxylation sites is 2. The van der Waals surface area contributed by atoms with Crippen LogP contribution in [0.5, 0.6) is 11.5 Å². The van der Waals surface area contributed by atoms with Crippen LogP contribution in [-0.2, 0) is 4.79 Å². The molecule has 0 aliphatic carbocycles. The standard InChI is InChI=1S/C18H15NO4S2/c1-22-13-8-5-6-11(16(13)23-2)10-15(17(20)21)25-18-19-12-7-3-4-9-14(12)24-18/h3-10H,1-2H3,(H,20,21)/p-1/b15-10+. The van der Waals surface area contributed by atoms with Gasteiger partial charge in [0.15, 0.2) is 15.8 Å². The number of benzene rings is 2. The van der Waals surface area contributed by atoms with Gasteiger partial charge < -0.3 is 19.4 Å². The van der Waals surface area contributed by atoms with Gasteiger partial charge in [-0.15, -0.1) is 11.3 Å². The lowest BCUT2D eigenvalue weighted by Crippen LogP contribution is -2.23. The number of carboxylic acid groups (broad SMARTS) is 1. The van der Waals surface area contributed by atoms with Crippen LogP contribution < -0.4 is 14.6 Å². The molecule has 2 aromatic carbocycles. The molecule has 3 aromatic rings. The van der Waals surface area contributed by atoms with Gasteiger partial charge in [-0.05, 0) is 24.3 Å². The molecule has 25 heavy (non-hydrogen) atoms. The Morgan fingerprint density at radius 1 is 1.16 bits per heavy atom. The molecule has 3 rings (SSSR count). The number of fused-ring (bicyclic) bond motifs is 1. The fourth-order valence-corrected chi connectivity index (χ4v) is 4.29. The maximum Gasteiger partial charge on any atom is 0.167 e. The Balaban J connectivity index is 1.98. The van der Waals surface area contributed by atoms with E-state index >= 15 is 0 Å². The number of aliphatic carboxylic acids is 1. The van der Waals surface area contributed by atoms with Crippen molar-refractivity contribution < 1.29 is 19.4 Å². The molecule has 1 aromatic heterocycles. The Morgan fingerprint density at radius 3 is 2.64 bits per heavy atom. The van der Waals surface area contributed by atoms with Gasteiger partial charge in [-0.2, -0.15) is 0 Å². The molecule has 0 aliphatic heterocycles. The van der Waals surface area contributed by atoms with Crippen LogP contribution in [0.15, 0.2) is 51.7 Å². The first-order valence-electron chi connectivity index (χ1n) is 7.30. The summed E-state index contributed by atoms with van der Waals surface area (Å²) in [5, 5.41) is 11.6. The summed E-state index contributed by atoms with van der Waals surface area (Å²) in [4.78, 5) is 16.1. The van der Waals surface area contributed by atoms with Crippen molar-refractivity contribution in [2.45, 2.75) is 4.34 Å². The van der Waals surface area contributed by atoms with E-state index in [0.29, 0.717) is 21.4 Å². The Hall–Kier alpha value is -2.51. The van der Waals surface area contributed by atoms with E-state index in [2.05, 4.69) is 4.98 Å². The van der Waals surface area contributed by atoms with Crippen LogP contribution in [-0.4, -0.2) is 25.2 Å². The smallest absolute Gasteiger partial charge is 0.167 e. The van der Waals surface area contributed by atoms with E-state index in [9.17, 15) is 9.90 Å². The van der Waals surface area contributed by atoms with Crippen LogP contribution in [0, 0.1) is 0 Å². The molecule has 0 fully saturated rings. The van der Waals surface area contributed by atoms with E-state index in [0.717, 1.165) is 22.0 Å². The highest BCUT2D eigenvalue weighted by Crippen LogP contribution is 2.37. The quantitative estimate of drug-likeness (QED) is 0.489. The fourth-order valence-electron chi connectivity index (χ4n) is 2.29. The van der Waals surface area contributed by atoms with Gasteiger partial charge in [0.25, 0.3) is 0 Å². The zero-order valence-electron chi connectivity index (χ0n) is 13.5. The summed E-state index contributed by atoms with van der Waals surface area (Å²) in [5.74, 6) is -0.276. The second kappa shape index (κ2) is 7.58. The van der Waals surface area contributed by atoms with Crippen LogP contribution in [0.4, 0.5) is 0 Å². The molecule has 128 valence electrons. The minimum absolute atomic E-state index is 0.0469. The molecular weight excluding hydrogens is 358 g/mol. The first-order chi connectivity index (χ1) is 12.1. The minimum atomic E-state index is -1.27. The molecule has 0 aliphatic rings. The molecule has 0 radical (unpaired) electrons. The van der Waals surface area contributed by atoms with Gasteiger partial charge >= 0.3 is 0 Å². The average Bonchev–Trinajstić information content (AvgIpc) is 3.03. The number of nitrogens with zero attached hydrogens (tertiary/aromatic N) is 1. The summed E-state index contributed by atoms with van der Waals surface area (Å²) in [5.41, 5.74) is 1.43. The Kier molecular flexibility index (Phi) is 5.25. The van der Waals surface area contributed by atoms with Crippen molar-refractivity contribution >= 4 is 45.4 Å². The number of rotatable bonds is 6. The fraction of sp³-hybridized carbons (Fsp3) is 0.111. The molecule has 1 heterocycles. The molecule has 0 bridgehead atoms. The Morgan fingerprint density at radius 2 is 1.96 bits per heavy atom. The Bertz CT molecular complexity index is 916. The van der Waals surface area contributed by atoms with Gasteiger partial charge in [0.2, 0.25) is 0 Å². The third-order valence-electron chi connectivity index (χ3n) is 3.39. The molecule has 0 N–H and O–H groups in total. The number of carbonyl (C=O) groups is 1. The maximum atomic E-state index is 11.6. The van der Waals surface area contributed by atoms with Crippen LogP contribution >= 0.6 is 23.1 Å². The number of hydrogen-bond donors (Lipinski definition) is 0. The summed E-state index contributed by atoms with van der Waals surface area (Å²) < 4.78 is 12.2. The second-order valence-electron chi connectivity index (χ2n) is 4.93. The Labute approximate surface area is 152 Å². The zero-order valence-corrected chi connectivity index (χ0v) is 15.1. The number of thioether (sulfide) groups is 1. The third-order valence-corrected chi connectivity index (χ3v) is 5.49. The molecule has 0 saturated carbocycles. The molecule has 0 unspecified atom stereocenters. The second-order valence-corrected chi connectivity index (χ2v) is 7.25. The molecule has 0 saturated heterocycles. The van der Waals surface area contributed by atoms with E-state index < -0.39 is 5.97 Å². The summed E-state index contributed by atoms with van der Waals surface area (Å²) in [6, 6.07) is 12.9. The predicted octanol–water partition coefficient (Wildman–Crippen LogP) is 3.20. The van der Waals surface area contributed by atoms with Gasteiger partial charge in [0, 0.05) is 10.5 Å². The minimum Gasteiger partial charge on any atom is -0.544 e. The van der Waals surface area contributed by atoms with Crippen molar-refractivity contribution in [3.8, 4) is 11.5 Å². The van der Waals surface area contributed by atoms with Crippen molar-refractivity contribution in [2.75, 3.05) is 14.2 Å². The topological polar surface area (TPSA) is 71.5 Å². The number of methoxy groups -OCH3 is 2. The summed E-state index contributed by atoms with van der Waals surface area (Å²) in [6.45, 7) is 0. The number of thiazole rings is 1. The van der Waals surface area contributed by atoms with Gasteiger partial charge in [0.05, 0.1) is 30.4 Å². The molecule has 0 spiro atoms. The summed E-state index contributed by atoms with van der Waals surface area (Å²) in [6.07, 6.45) is 1.51. The molecule has 7 heteroatoms. The normalized spacial score (nSPS) is 11.5. The lowest BCUT2D eigenvalue weighted by molar-refractivity contribution is -0.297. The number of ether oxygens (including phenoxy) is 2. The molecule has 5 nitrogen and oxygen atoms in total. The average molecular weight is 372 g/mol. The van der Waals surface area contributed by atoms with Crippen molar-refractivity contribution in [3.05, 3.63) is 52.9 Å². The van der Waals surface area contributed by atoms with Crippen molar-refractivity contribution in [1.29, 1.82) is 0 Å². The highest BCUT2D eigenvalue weighted by atomic mass is 32.2. The molecular formula is C18H14NO4S2-. The first kappa shape index (κ1) is 17.3. The lowest BCUT2D eigenvalue weighted by atomic mass is 10.1. The van der Waals surface area contributed by atoms with Crippen molar-refractivity contribution in [3.63, 3.8) is 0 Å². The molecule has 0 amide bonds. The van der Waals surface area contributed by atoms with Gasteiger partial charge in [-0.25, -0.2) is 4.98 Å². The van der Waals surface area contributed by atoms with Crippen molar-refractivity contribution in [1.82, 2.24) is 4.98 Å². The lowest BCUT2D eigenvalue weighted by Gasteiger charge is -2.12. The number of hydrogen-bond acceptors (Lipinski definition) is 7. The van der Waals surface area contributed by atoms with E-state index in [1.165, 1.54) is 31.6 Å². The number of aromatic nitrogens is 1. The van der Waals surface area contributed by atoms with Crippen LogP contribution in [0.2, 0.25) is 0 Å². The first-order valence-corrected chi connectivity index (χ1v) is 8.93. The van der Waals surface area contributed by atoms with E-state index in [-0.39, 0.29) is 4.91 Å². The van der Waals surface area contributed by atoms with E-state index in [1.807, 2.05) is 24.3 Å². The van der Waals surface area contributed by atoms with E-state index in [4.69, 9.17) is 9.47 Å². The van der Waals surface area contributed by atoms with Crippen LogP contribution in [0.25, 0.3) is 16.3 Å². The SMILES string of the molecule is COc1cccc(/C=C(/Sc2nc3ccccc3s2)C(=O)[O-])c1OC. The van der Waals surface area contributed by atoms with E-state index in [1.54, 1.807) is 18.2 Å². The van der Waals surface area contributed by atoms with Gasteiger partial charge in [0.1, 0.15) is 0 Å². The van der Waals surface area contributed by atoms with Gasteiger partial charge in [-0.1, -0.05) is 36.0 Å². The highest BCUT2D eigenvalue weighted by Gasteiger charge is 2.12. The van der Waals surface area contributed by atoms with Crippen LogP contribution in [0.3, 0.4) is 0 Å². The zero-order chi connectivity index (χ0) is 17.8. The largest absolute Gasteiger partial charge is 0.544 e. The number of carboxylic acids is 1. The monoisotopic (exact) mass is 372 g/mol. The van der Waals surface area contributed by atoms with Gasteiger partial charge in [-0.3, -0.25) is 0 Å². The third kappa shape index (κ3) is 3.78. The van der Waals surface area contributed by atoms with Crippen LogP contribution in [0.1, 0.15) is 5.56 Å².